The lowest BCUT2D eigenvalue weighted by Gasteiger charge is -2.09. The largest absolute Gasteiger partial charge is 0.348 e. The Morgan fingerprint density at radius 2 is 2.00 bits per heavy atom. The van der Waals surface area contributed by atoms with Gasteiger partial charge in [-0.1, -0.05) is 24.3 Å². The van der Waals surface area contributed by atoms with Crippen LogP contribution in [-0.4, -0.2) is 5.91 Å². The summed E-state index contributed by atoms with van der Waals surface area (Å²) >= 11 is 1.96. The van der Waals surface area contributed by atoms with Gasteiger partial charge in [-0.15, -0.1) is 0 Å². The molecule has 0 fully saturated rings. The Kier molecular flexibility index (Phi) is 4.52. The first-order valence-corrected chi connectivity index (χ1v) is 6.93. The van der Waals surface area contributed by atoms with Crippen molar-refractivity contribution < 1.29 is 9.18 Å². The van der Waals surface area contributed by atoms with Crippen LogP contribution < -0.4 is 5.32 Å². The molecule has 0 saturated carbocycles. The van der Waals surface area contributed by atoms with E-state index in [1.807, 2.05) is 53.8 Å². The first-order chi connectivity index (χ1) is 9.08. The van der Waals surface area contributed by atoms with E-state index in [9.17, 15) is 9.18 Å². The highest BCUT2D eigenvalue weighted by atomic mass is 127. The Bertz CT molecular complexity index is 613. The number of aryl methyl sites for hydroxylation is 1. The predicted octanol–water partition coefficient (Wildman–Crippen LogP) is 3.67. The minimum atomic E-state index is -0.333. The van der Waals surface area contributed by atoms with Gasteiger partial charge in [-0.05, 0) is 58.8 Å². The molecular formula is C15H13FINO. The van der Waals surface area contributed by atoms with E-state index in [-0.39, 0.29) is 11.7 Å². The number of carbonyl (C=O) groups excluding carboxylic acids is 1. The van der Waals surface area contributed by atoms with E-state index in [1.54, 1.807) is 0 Å². The third kappa shape index (κ3) is 3.53. The molecule has 98 valence electrons. The highest BCUT2D eigenvalue weighted by Gasteiger charge is 2.10. The number of carbonyl (C=O) groups is 1. The SMILES string of the molecule is Cc1ccccc1CNC(=O)c1ccc(F)cc1I. The van der Waals surface area contributed by atoms with Crippen LogP contribution in [-0.2, 0) is 6.54 Å². The van der Waals surface area contributed by atoms with Crippen LogP contribution in [0, 0.1) is 16.3 Å². The molecule has 2 aromatic carbocycles. The van der Waals surface area contributed by atoms with Crippen molar-refractivity contribution in [2.45, 2.75) is 13.5 Å². The highest BCUT2D eigenvalue weighted by molar-refractivity contribution is 14.1. The van der Waals surface area contributed by atoms with Crippen molar-refractivity contribution in [1.29, 1.82) is 0 Å². The van der Waals surface area contributed by atoms with Crippen LogP contribution in [0.15, 0.2) is 42.5 Å². The Morgan fingerprint density at radius 1 is 1.26 bits per heavy atom. The van der Waals surface area contributed by atoms with Crippen LogP contribution >= 0.6 is 22.6 Å². The second-order valence-electron chi connectivity index (χ2n) is 4.23. The van der Waals surface area contributed by atoms with Gasteiger partial charge >= 0.3 is 0 Å². The van der Waals surface area contributed by atoms with Crippen LogP contribution in [0.3, 0.4) is 0 Å². The van der Waals surface area contributed by atoms with Gasteiger partial charge in [0.15, 0.2) is 0 Å². The average molecular weight is 369 g/mol. The van der Waals surface area contributed by atoms with E-state index in [1.165, 1.54) is 18.2 Å². The summed E-state index contributed by atoms with van der Waals surface area (Å²) in [5.74, 6) is -0.521. The fourth-order valence-electron chi connectivity index (χ4n) is 1.75. The summed E-state index contributed by atoms with van der Waals surface area (Å²) in [5, 5.41) is 2.85. The minimum absolute atomic E-state index is 0.187. The van der Waals surface area contributed by atoms with Crippen molar-refractivity contribution in [2.24, 2.45) is 0 Å². The lowest BCUT2D eigenvalue weighted by atomic mass is 10.1. The molecular weight excluding hydrogens is 356 g/mol. The summed E-state index contributed by atoms with van der Waals surface area (Å²) in [6, 6.07) is 12.0. The number of halogens is 2. The van der Waals surface area contributed by atoms with Crippen molar-refractivity contribution in [3.05, 3.63) is 68.5 Å². The molecule has 0 unspecified atom stereocenters. The van der Waals surface area contributed by atoms with Crippen LogP contribution in [0.5, 0.6) is 0 Å². The van der Waals surface area contributed by atoms with Gasteiger partial charge in [-0.3, -0.25) is 4.79 Å². The fourth-order valence-corrected chi connectivity index (χ4v) is 2.48. The molecule has 0 heterocycles. The number of hydrogen-bond acceptors (Lipinski definition) is 1. The van der Waals surface area contributed by atoms with E-state index < -0.39 is 0 Å². The zero-order valence-electron chi connectivity index (χ0n) is 10.4. The Labute approximate surface area is 125 Å². The maximum atomic E-state index is 13.0. The van der Waals surface area contributed by atoms with Gasteiger partial charge in [0, 0.05) is 10.1 Å². The topological polar surface area (TPSA) is 29.1 Å². The molecule has 0 spiro atoms. The first kappa shape index (κ1) is 14.0. The normalized spacial score (nSPS) is 10.3. The maximum absolute atomic E-state index is 13.0. The number of nitrogens with one attached hydrogen (secondary N) is 1. The first-order valence-electron chi connectivity index (χ1n) is 5.85. The summed E-state index contributed by atoms with van der Waals surface area (Å²) in [6.07, 6.45) is 0. The molecule has 0 bridgehead atoms. The summed E-state index contributed by atoms with van der Waals surface area (Å²) in [7, 11) is 0. The van der Waals surface area contributed by atoms with E-state index >= 15 is 0 Å². The third-order valence-electron chi connectivity index (χ3n) is 2.88. The molecule has 0 aliphatic heterocycles. The third-order valence-corrected chi connectivity index (χ3v) is 3.77. The molecule has 2 aromatic rings. The molecule has 0 aromatic heterocycles. The summed E-state index contributed by atoms with van der Waals surface area (Å²) in [4.78, 5) is 12.0. The zero-order valence-corrected chi connectivity index (χ0v) is 12.6. The summed E-state index contributed by atoms with van der Waals surface area (Å²) in [6.45, 7) is 2.47. The molecule has 0 aliphatic rings. The summed E-state index contributed by atoms with van der Waals surface area (Å²) < 4.78 is 13.6. The van der Waals surface area contributed by atoms with Crippen LogP contribution in [0.2, 0.25) is 0 Å². The van der Waals surface area contributed by atoms with Gasteiger partial charge in [0.1, 0.15) is 5.82 Å². The van der Waals surface area contributed by atoms with Crippen molar-refractivity contribution in [3.63, 3.8) is 0 Å². The quantitative estimate of drug-likeness (QED) is 0.822. The van der Waals surface area contributed by atoms with Crippen molar-refractivity contribution in [1.82, 2.24) is 5.32 Å². The molecule has 1 amide bonds. The molecule has 2 nitrogen and oxygen atoms in total. The number of hydrogen-bond donors (Lipinski definition) is 1. The molecule has 0 saturated heterocycles. The van der Waals surface area contributed by atoms with Gasteiger partial charge < -0.3 is 5.32 Å². The highest BCUT2D eigenvalue weighted by Crippen LogP contribution is 2.14. The number of rotatable bonds is 3. The van der Waals surface area contributed by atoms with Crippen molar-refractivity contribution in [2.75, 3.05) is 0 Å². The van der Waals surface area contributed by atoms with Gasteiger partial charge in [-0.2, -0.15) is 0 Å². The van der Waals surface area contributed by atoms with Gasteiger partial charge in [0.05, 0.1) is 5.56 Å². The van der Waals surface area contributed by atoms with Gasteiger partial charge in [-0.25, -0.2) is 4.39 Å². The molecule has 19 heavy (non-hydrogen) atoms. The molecule has 0 atom stereocenters. The monoisotopic (exact) mass is 369 g/mol. The zero-order chi connectivity index (χ0) is 13.8. The van der Waals surface area contributed by atoms with Crippen LogP contribution in [0.25, 0.3) is 0 Å². The van der Waals surface area contributed by atoms with Gasteiger partial charge in [0.25, 0.3) is 5.91 Å². The molecule has 0 aliphatic carbocycles. The summed E-state index contributed by atoms with van der Waals surface area (Å²) in [5.41, 5.74) is 2.71. The predicted molar refractivity (Wildman–Crippen MR) is 81.5 cm³/mol. The van der Waals surface area contributed by atoms with Gasteiger partial charge in [0.2, 0.25) is 0 Å². The lowest BCUT2D eigenvalue weighted by Crippen LogP contribution is -2.24. The Morgan fingerprint density at radius 3 is 2.68 bits per heavy atom. The number of benzene rings is 2. The molecule has 0 radical (unpaired) electrons. The van der Waals surface area contributed by atoms with E-state index in [4.69, 9.17) is 0 Å². The second kappa shape index (κ2) is 6.14. The smallest absolute Gasteiger partial charge is 0.252 e. The van der Waals surface area contributed by atoms with Crippen LogP contribution in [0.4, 0.5) is 4.39 Å². The molecule has 4 heteroatoms. The molecule has 2 rings (SSSR count). The average Bonchev–Trinajstić information content (AvgIpc) is 2.37. The molecule has 1 N–H and O–H groups in total. The van der Waals surface area contributed by atoms with E-state index in [0.717, 1.165) is 11.1 Å². The van der Waals surface area contributed by atoms with E-state index in [0.29, 0.717) is 15.7 Å². The minimum Gasteiger partial charge on any atom is -0.348 e. The fraction of sp³-hybridized carbons (Fsp3) is 0.133. The van der Waals surface area contributed by atoms with E-state index in [2.05, 4.69) is 5.32 Å². The lowest BCUT2D eigenvalue weighted by molar-refractivity contribution is 0.0950. The Balaban J connectivity index is 2.08. The maximum Gasteiger partial charge on any atom is 0.252 e. The van der Waals surface area contributed by atoms with Crippen molar-refractivity contribution in [3.8, 4) is 0 Å². The Hall–Kier alpha value is -1.43. The standard InChI is InChI=1S/C15H13FINO/c1-10-4-2-3-5-11(10)9-18-15(19)13-7-6-12(16)8-14(13)17/h2-8H,9H2,1H3,(H,18,19). The van der Waals surface area contributed by atoms with Crippen molar-refractivity contribution >= 4 is 28.5 Å². The second-order valence-corrected chi connectivity index (χ2v) is 5.40. The number of amides is 1. The van der Waals surface area contributed by atoms with Crippen LogP contribution in [0.1, 0.15) is 21.5 Å².